The molecule has 0 radical (unpaired) electrons. The van der Waals surface area contributed by atoms with E-state index >= 15 is 0 Å². The van der Waals surface area contributed by atoms with Gasteiger partial charge < -0.3 is 29.0 Å². The van der Waals surface area contributed by atoms with Crippen LogP contribution in [0.25, 0.3) is 0 Å². The molecular weight excluding hydrogens is 548 g/mol. The molecule has 2 heterocycles. The molecule has 0 saturated carbocycles. The van der Waals surface area contributed by atoms with Gasteiger partial charge in [-0.25, -0.2) is 0 Å². The van der Waals surface area contributed by atoms with E-state index in [4.69, 9.17) is 54.3 Å². The minimum atomic E-state index is -2.23. The molecule has 0 aliphatic carbocycles. The Kier molecular flexibility index (Phi) is 15.8. The molecule has 1 aromatic heterocycles. The summed E-state index contributed by atoms with van der Waals surface area (Å²) in [7, 11) is 0. The van der Waals surface area contributed by atoms with Gasteiger partial charge in [0.25, 0.3) is 5.95 Å². The van der Waals surface area contributed by atoms with Crippen molar-refractivity contribution in [1.82, 2.24) is 5.32 Å². The number of hydrogen-bond acceptors (Lipinski definition) is 9. The maximum Gasteiger partial charge on any atom is 0.320 e. The molecule has 1 saturated heterocycles. The lowest BCUT2D eigenvalue weighted by atomic mass is 10.2. The number of hydrogen-bond donors (Lipinski definition) is 3. The van der Waals surface area contributed by atoms with Gasteiger partial charge >= 0.3 is 5.97 Å². The molecule has 2 aromatic rings. The van der Waals surface area contributed by atoms with Gasteiger partial charge in [0.2, 0.25) is 5.69 Å². The van der Waals surface area contributed by atoms with Gasteiger partial charge in [-0.05, 0) is 69.3 Å². The van der Waals surface area contributed by atoms with E-state index in [1.165, 1.54) is 23.7 Å². The highest BCUT2D eigenvalue weighted by molar-refractivity contribution is 8.69. The van der Waals surface area contributed by atoms with Crippen LogP contribution in [0.5, 0.6) is 5.95 Å². The van der Waals surface area contributed by atoms with Gasteiger partial charge in [-0.3, -0.25) is 4.79 Å². The van der Waals surface area contributed by atoms with Crippen LogP contribution in [0.4, 0.5) is 0 Å². The van der Waals surface area contributed by atoms with E-state index in [0.29, 0.717) is 23.3 Å². The fraction of sp³-hybridized carbons (Fsp3) is 0.450. The average Bonchev–Trinajstić information content (AvgIpc) is 3.46. The number of thioether (sulfide) groups is 1. The number of aromatic hydroxyl groups is 1. The minimum Gasteiger partial charge on any atom is -0.481 e. The number of furan rings is 1. The lowest BCUT2D eigenvalue weighted by Crippen LogP contribution is -2.29. The summed E-state index contributed by atoms with van der Waals surface area (Å²) in [5.41, 5.74) is -2.23. The van der Waals surface area contributed by atoms with Crippen LogP contribution in [0.2, 0.25) is 10.0 Å². The Morgan fingerprint density at radius 2 is 2.00 bits per heavy atom. The van der Waals surface area contributed by atoms with Crippen LogP contribution in [0.3, 0.4) is 0 Å². The molecule has 1 fully saturated rings. The summed E-state index contributed by atoms with van der Waals surface area (Å²) < 4.78 is 15.5. The van der Waals surface area contributed by atoms with Gasteiger partial charge in [0, 0.05) is 16.0 Å². The Hall–Kier alpha value is -0.420. The van der Waals surface area contributed by atoms with Crippen molar-refractivity contribution in [3.63, 3.8) is 0 Å². The highest BCUT2D eigenvalue weighted by atomic mass is 35.5. The standard InChI is InChI=1S/C11H15Cl2O2PS3.C5H9NO2.C4H4O2/c1-3-14-16(17,15-4-2)19-8-18-11-7-9(12)5-6-10(11)13;7-5(8)4-2-1-3-6-4;5-4-2-1-3-6-4/h5-7H,3-4,8H2,1-2H3;4,6H,1-3H2,(H,7,8);1-3,5H. The Labute approximate surface area is 217 Å². The van der Waals surface area contributed by atoms with Crippen LogP contribution in [0.15, 0.2) is 45.9 Å². The molecule has 0 bridgehead atoms. The second-order valence-electron chi connectivity index (χ2n) is 6.19. The van der Waals surface area contributed by atoms with Crippen LogP contribution in [-0.4, -0.2) is 47.1 Å². The Morgan fingerprint density at radius 3 is 2.42 bits per heavy atom. The molecule has 1 atom stereocenters. The third kappa shape index (κ3) is 13.3. The second kappa shape index (κ2) is 17.1. The van der Waals surface area contributed by atoms with Gasteiger partial charge in [-0.2, -0.15) is 0 Å². The summed E-state index contributed by atoms with van der Waals surface area (Å²) in [4.78, 5) is 11.1. The molecule has 0 amide bonds. The maximum atomic E-state index is 10.1. The lowest BCUT2D eigenvalue weighted by Gasteiger charge is -2.19. The van der Waals surface area contributed by atoms with Crippen LogP contribution in [0, 0.1) is 0 Å². The molecule has 13 heteroatoms. The van der Waals surface area contributed by atoms with Gasteiger partial charge in [0.1, 0.15) is 6.04 Å². The SMILES string of the molecule is CCOP(=S)(OCC)SCSc1cc(Cl)ccc1Cl.O=C(O)C1CCCN1.Oc1ccco1. The number of benzene rings is 1. The average molecular weight is 577 g/mol. The number of halogens is 2. The summed E-state index contributed by atoms with van der Waals surface area (Å²) >= 11 is 20.6. The summed E-state index contributed by atoms with van der Waals surface area (Å²) in [6.07, 6.45) is 3.20. The summed E-state index contributed by atoms with van der Waals surface area (Å²) in [6.45, 7) is 5.82. The fourth-order valence-electron chi connectivity index (χ4n) is 2.34. The molecule has 3 rings (SSSR count). The van der Waals surface area contributed by atoms with Crippen molar-refractivity contribution in [2.45, 2.75) is 37.6 Å². The van der Waals surface area contributed by atoms with Crippen LogP contribution >= 0.6 is 52.0 Å². The number of carboxylic acid groups (broad SMARTS) is 1. The van der Waals surface area contributed by atoms with E-state index in [9.17, 15) is 4.79 Å². The van der Waals surface area contributed by atoms with E-state index < -0.39 is 11.7 Å². The highest BCUT2D eigenvalue weighted by Crippen LogP contribution is 2.62. The fourth-order valence-corrected chi connectivity index (χ4v) is 9.87. The van der Waals surface area contributed by atoms with E-state index in [1.807, 2.05) is 19.9 Å². The number of rotatable bonds is 9. The third-order valence-electron chi connectivity index (χ3n) is 3.76. The third-order valence-corrected chi connectivity index (χ3v) is 11.6. The Bertz CT molecular complexity index is 859. The Balaban J connectivity index is 0.000000313. The van der Waals surface area contributed by atoms with Gasteiger partial charge in [0.05, 0.1) is 29.6 Å². The van der Waals surface area contributed by atoms with Crippen molar-refractivity contribution < 1.29 is 28.5 Å². The first-order valence-corrected chi connectivity index (χ1v) is 16.0. The van der Waals surface area contributed by atoms with Gasteiger partial charge in [-0.1, -0.05) is 34.6 Å². The van der Waals surface area contributed by atoms with E-state index in [0.717, 1.165) is 29.4 Å². The Morgan fingerprint density at radius 1 is 1.30 bits per heavy atom. The predicted molar refractivity (Wildman–Crippen MR) is 141 cm³/mol. The minimum absolute atomic E-state index is 0.0324. The molecule has 186 valence electrons. The monoisotopic (exact) mass is 575 g/mol. The first kappa shape index (κ1) is 30.6. The van der Waals surface area contributed by atoms with Crippen LogP contribution < -0.4 is 5.32 Å². The molecular formula is C20H28Cl2NO6PS3. The second-order valence-corrected chi connectivity index (χ2v) is 14.7. The van der Waals surface area contributed by atoms with Crippen LogP contribution in [-0.2, 0) is 25.6 Å². The lowest BCUT2D eigenvalue weighted by molar-refractivity contribution is -0.139. The van der Waals surface area contributed by atoms with E-state index in [-0.39, 0.29) is 12.0 Å². The molecule has 1 unspecified atom stereocenters. The first-order chi connectivity index (χ1) is 15.7. The molecule has 1 aromatic carbocycles. The molecule has 1 aliphatic rings. The van der Waals surface area contributed by atoms with Crippen molar-refractivity contribution in [1.29, 1.82) is 0 Å². The van der Waals surface area contributed by atoms with Crippen molar-refractivity contribution in [2.24, 2.45) is 0 Å². The van der Waals surface area contributed by atoms with E-state index in [2.05, 4.69) is 9.73 Å². The summed E-state index contributed by atoms with van der Waals surface area (Å²) in [6, 6.07) is 8.23. The number of nitrogens with one attached hydrogen (secondary N) is 1. The number of carbonyl (C=O) groups is 1. The molecule has 3 N–H and O–H groups in total. The molecule has 0 spiro atoms. The predicted octanol–water partition coefficient (Wildman–Crippen LogP) is 6.88. The van der Waals surface area contributed by atoms with Crippen molar-refractivity contribution in [3.8, 4) is 5.95 Å². The van der Waals surface area contributed by atoms with Crippen molar-refractivity contribution in [3.05, 3.63) is 46.6 Å². The molecule has 1 aliphatic heterocycles. The topological polar surface area (TPSA) is 101 Å². The highest BCUT2D eigenvalue weighted by Gasteiger charge is 2.20. The zero-order valence-corrected chi connectivity index (χ0v) is 23.1. The number of carboxylic acids is 1. The smallest absolute Gasteiger partial charge is 0.320 e. The van der Waals surface area contributed by atoms with Crippen LogP contribution in [0.1, 0.15) is 26.7 Å². The first-order valence-electron chi connectivity index (χ1n) is 10.0. The van der Waals surface area contributed by atoms with E-state index in [1.54, 1.807) is 30.0 Å². The molecule has 33 heavy (non-hydrogen) atoms. The van der Waals surface area contributed by atoms with Gasteiger partial charge in [-0.15, -0.1) is 11.8 Å². The largest absolute Gasteiger partial charge is 0.481 e. The van der Waals surface area contributed by atoms with Crippen molar-refractivity contribution in [2.75, 3.05) is 24.8 Å². The zero-order chi connectivity index (χ0) is 24.7. The van der Waals surface area contributed by atoms with Crippen molar-refractivity contribution >= 4 is 69.8 Å². The normalized spacial score (nSPS) is 15.2. The number of aliphatic carboxylic acids is 1. The zero-order valence-electron chi connectivity index (χ0n) is 18.2. The maximum absolute atomic E-state index is 10.1. The summed E-state index contributed by atoms with van der Waals surface area (Å²) in [5.74, 6) is -0.752. The van der Waals surface area contributed by atoms with Gasteiger partial charge in [0.15, 0.2) is 0 Å². The summed E-state index contributed by atoms with van der Waals surface area (Å²) in [5, 5.41) is 21.6. The molecule has 7 nitrogen and oxygen atoms in total. The quantitative estimate of drug-likeness (QED) is 0.166.